The van der Waals surface area contributed by atoms with Gasteiger partial charge in [0.05, 0.1) is 6.61 Å². The highest BCUT2D eigenvalue weighted by molar-refractivity contribution is 7.67. The maximum absolute atomic E-state index is 9.99. The van der Waals surface area contributed by atoms with Crippen molar-refractivity contribution < 1.29 is 14.3 Å². The smallest absolute Gasteiger partial charge is 0.188 e. The highest BCUT2D eigenvalue weighted by atomic mass is 31.2. The van der Waals surface area contributed by atoms with Gasteiger partial charge in [-0.3, -0.25) is 0 Å². The van der Waals surface area contributed by atoms with E-state index in [1.807, 2.05) is 6.07 Å². The van der Waals surface area contributed by atoms with E-state index in [1.54, 1.807) is 24.3 Å². The van der Waals surface area contributed by atoms with Gasteiger partial charge in [-0.25, -0.2) is 0 Å². The maximum atomic E-state index is 9.99. The average molecular weight is 341 g/mol. The Bertz CT molecular complexity index is 381. The van der Waals surface area contributed by atoms with Crippen molar-refractivity contribution in [2.75, 3.05) is 6.61 Å². The van der Waals surface area contributed by atoms with Crippen LogP contribution >= 0.6 is 7.94 Å². The molecule has 0 saturated carbocycles. The Morgan fingerprint density at radius 1 is 0.739 bits per heavy atom. The van der Waals surface area contributed by atoms with Crippen LogP contribution in [0.25, 0.3) is 0 Å². The Balaban J connectivity index is 1.93. The summed E-state index contributed by atoms with van der Waals surface area (Å²) < 4.78 is 5.32. The highest BCUT2D eigenvalue weighted by Crippen LogP contribution is 2.49. The van der Waals surface area contributed by atoms with Crippen LogP contribution in [0.4, 0.5) is 0 Å². The lowest BCUT2D eigenvalue weighted by Crippen LogP contribution is -2.13. The molecule has 2 N–H and O–H groups in total. The van der Waals surface area contributed by atoms with E-state index in [4.69, 9.17) is 4.52 Å². The standard InChI is InChI=1S/C19H34O3P/c1-2-3-4-5-6-7-8-9-10-11-15-18-22-23(20,21)19-16-13-12-14-17-19/h12-14,16-17,20-21H,2-11,15,18H2,1H3/q+1. The second kappa shape index (κ2) is 12.9. The molecule has 3 nitrogen and oxygen atoms in total. The molecular weight excluding hydrogens is 307 g/mol. The van der Waals surface area contributed by atoms with Gasteiger partial charge in [0.2, 0.25) is 0 Å². The fourth-order valence-electron chi connectivity index (χ4n) is 2.65. The molecule has 0 aliphatic rings. The van der Waals surface area contributed by atoms with Gasteiger partial charge >= 0.3 is 7.94 Å². The molecule has 4 heteroatoms. The van der Waals surface area contributed by atoms with Crippen LogP contribution in [0.15, 0.2) is 30.3 Å². The van der Waals surface area contributed by atoms with Gasteiger partial charge in [0.25, 0.3) is 0 Å². The van der Waals surface area contributed by atoms with E-state index in [1.165, 1.54) is 57.8 Å². The molecule has 0 aliphatic carbocycles. The van der Waals surface area contributed by atoms with Gasteiger partial charge in [-0.05, 0) is 18.6 Å². The summed E-state index contributed by atoms with van der Waals surface area (Å²) in [6.07, 6.45) is 14.0. The summed E-state index contributed by atoms with van der Waals surface area (Å²) in [6, 6.07) is 8.85. The number of unbranched alkanes of at least 4 members (excludes halogenated alkanes) is 10. The van der Waals surface area contributed by atoms with Crippen LogP contribution in [-0.4, -0.2) is 16.4 Å². The third-order valence-corrected chi connectivity index (χ3v) is 5.63. The second-order valence-electron chi connectivity index (χ2n) is 6.25. The molecule has 0 radical (unpaired) electrons. The van der Waals surface area contributed by atoms with Crippen molar-refractivity contribution in [3.8, 4) is 0 Å². The first kappa shape index (κ1) is 20.6. The van der Waals surface area contributed by atoms with Crippen molar-refractivity contribution in [3.63, 3.8) is 0 Å². The van der Waals surface area contributed by atoms with E-state index >= 15 is 0 Å². The van der Waals surface area contributed by atoms with E-state index in [2.05, 4.69) is 6.92 Å². The zero-order valence-electron chi connectivity index (χ0n) is 14.6. The molecule has 0 aliphatic heterocycles. The van der Waals surface area contributed by atoms with Crippen molar-refractivity contribution in [3.05, 3.63) is 30.3 Å². The molecule has 0 unspecified atom stereocenters. The SMILES string of the molecule is CCCCCCCCCCCCCO[P+](O)(O)c1ccccc1. The van der Waals surface area contributed by atoms with Gasteiger partial charge in [-0.2, -0.15) is 14.3 Å². The molecular formula is C19H34O3P+. The Labute approximate surface area is 142 Å². The molecule has 0 fully saturated rings. The number of hydrogen-bond donors (Lipinski definition) is 2. The van der Waals surface area contributed by atoms with Crippen molar-refractivity contribution in [2.45, 2.75) is 77.6 Å². The molecule has 23 heavy (non-hydrogen) atoms. The van der Waals surface area contributed by atoms with E-state index in [-0.39, 0.29) is 0 Å². The van der Waals surface area contributed by atoms with Gasteiger partial charge in [0.15, 0.2) is 5.30 Å². The Morgan fingerprint density at radius 3 is 1.74 bits per heavy atom. The molecule has 0 heterocycles. The Morgan fingerprint density at radius 2 is 1.22 bits per heavy atom. The first-order valence-electron chi connectivity index (χ1n) is 9.21. The molecule has 1 aromatic carbocycles. The van der Waals surface area contributed by atoms with Crippen LogP contribution in [0, 0.1) is 0 Å². The third kappa shape index (κ3) is 10.1. The number of rotatable bonds is 14. The predicted molar refractivity (Wildman–Crippen MR) is 99.8 cm³/mol. The molecule has 0 amide bonds. The molecule has 132 valence electrons. The van der Waals surface area contributed by atoms with Crippen LogP contribution in [0.3, 0.4) is 0 Å². The first-order valence-corrected chi connectivity index (χ1v) is 10.8. The van der Waals surface area contributed by atoms with Gasteiger partial charge < -0.3 is 0 Å². The molecule has 0 saturated heterocycles. The molecule has 1 rings (SSSR count). The summed E-state index contributed by atoms with van der Waals surface area (Å²) in [4.78, 5) is 20.0. The van der Waals surface area contributed by atoms with Crippen molar-refractivity contribution in [1.29, 1.82) is 0 Å². The largest absolute Gasteiger partial charge is 0.443 e. The summed E-state index contributed by atoms with van der Waals surface area (Å²) in [5.41, 5.74) is 0. The van der Waals surface area contributed by atoms with Gasteiger partial charge in [0, 0.05) is 0 Å². The third-order valence-electron chi connectivity index (χ3n) is 4.11. The van der Waals surface area contributed by atoms with E-state index in [0.717, 1.165) is 12.8 Å². The average Bonchev–Trinajstić information content (AvgIpc) is 2.56. The van der Waals surface area contributed by atoms with E-state index in [0.29, 0.717) is 11.9 Å². The fraction of sp³-hybridized carbons (Fsp3) is 0.684. The van der Waals surface area contributed by atoms with Crippen molar-refractivity contribution in [2.24, 2.45) is 0 Å². The van der Waals surface area contributed by atoms with Crippen LogP contribution in [0.5, 0.6) is 0 Å². The van der Waals surface area contributed by atoms with Gasteiger partial charge in [0.1, 0.15) is 0 Å². The van der Waals surface area contributed by atoms with Crippen LogP contribution in [-0.2, 0) is 4.52 Å². The minimum Gasteiger partial charge on any atom is -0.188 e. The Kier molecular flexibility index (Phi) is 11.5. The zero-order valence-corrected chi connectivity index (χ0v) is 15.5. The predicted octanol–water partition coefficient (Wildman–Crippen LogP) is 5.39. The lowest BCUT2D eigenvalue weighted by atomic mass is 10.1. The first-order chi connectivity index (χ1) is 11.2. The van der Waals surface area contributed by atoms with Crippen molar-refractivity contribution >= 4 is 13.2 Å². The molecule has 0 aromatic heterocycles. The molecule has 0 atom stereocenters. The summed E-state index contributed by atoms with van der Waals surface area (Å²) in [6.45, 7) is 2.68. The van der Waals surface area contributed by atoms with Crippen LogP contribution in [0.2, 0.25) is 0 Å². The maximum Gasteiger partial charge on any atom is 0.443 e. The number of hydrogen-bond acceptors (Lipinski definition) is 3. The summed E-state index contributed by atoms with van der Waals surface area (Å²) in [7, 11) is -3.37. The topological polar surface area (TPSA) is 49.7 Å². The van der Waals surface area contributed by atoms with E-state index in [9.17, 15) is 9.79 Å². The number of benzene rings is 1. The quantitative estimate of drug-likeness (QED) is 0.352. The second-order valence-corrected chi connectivity index (χ2v) is 8.11. The van der Waals surface area contributed by atoms with E-state index < -0.39 is 7.94 Å². The summed E-state index contributed by atoms with van der Waals surface area (Å²) >= 11 is 0. The van der Waals surface area contributed by atoms with Crippen LogP contribution in [0.1, 0.15) is 77.6 Å². The van der Waals surface area contributed by atoms with Crippen LogP contribution < -0.4 is 5.30 Å². The molecule has 0 bridgehead atoms. The summed E-state index contributed by atoms with van der Waals surface area (Å²) in [5, 5.41) is 0.489. The summed E-state index contributed by atoms with van der Waals surface area (Å²) in [5.74, 6) is 0. The molecule has 1 aromatic rings. The lowest BCUT2D eigenvalue weighted by Gasteiger charge is -2.10. The lowest BCUT2D eigenvalue weighted by molar-refractivity contribution is 0.234. The fourth-order valence-corrected chi connectivity index (χ4v) is 3.75. The van der Waals surface area contributed by atoms with Gasteiger partial charge in [-0.1, -0.05) is 89.3 Å². The van der Waals surface area contributed by atoms with Crippen molar-refractivity contribution in [1.82, 2.24) is 0 Å². The van der Waals surface area contributed by atoms with Gasteiger partial charge in [-0.15, -0.1) is 0 Å². The highest BCUT2D eigenvalue weighted by Gasteiger charge is 2.38. The normalized spacial score (nSPS) is 11.8. The molecule has 0 spiro atoms. The minimum absolute atomic E-state index is 0.423. The Hall–Kier alpha value is -0.470. The zero-order chi connectivity index (χ0) is 16.8. The monoisotopic (exact) mass is 341 g/mol. The minimum atomic E-state index is -3.37.